The van der Waals surface area contributed by atoms with Gasteiger partial charge in [0.15, 0.2) is 17.5 Å². The Labute approximate surface area is 144 Å². The van der Waals surface area contributed by atoms with E-state index >= 15 is 0 Å². The van der Waals surface area contributed by atoms with Gasteiger partial charge >= 0.3 is 6.03 Å². The number of carbonyl (C=O) groups is 1. The van der Waals surface area contributed by atoms with Gasteiger partial charge < -0.3 is 10.6 Å². The zero-order valence-electron chi connectivity index (χ0n) is 13.8. The summed E-state index contributed by atoms with van der Waals surface area (Å²) in [6, 6.07) is 6.88. The van der Waals surface area contributed by atoms with Gasteiger partial charge in [-0.2, -0.15) is 0 Å². The van der Waals surface area contributed by atoms with Gasteiger partial charge in [0, 0.05) is 0 Å². The Hall–Kier alpha value is -2.50. The smallest absolute Gasteiger partial charge is 0.319 e. The molecule has 1 atom stereocenters. The van der Waals surface area contributed by atoms with Gasteiger partial charge in [0.05, 0.1) is 11.7 Å². The van der Waals surface area contributed by atoms with E-state index in [2.05, 4.69) is 22.8 Å². The van der Waals surface area contributed by atoms with Crippen molar-refractivity contribution in [3.05, 3.63) is 64.5 Å². The zero-order valence-corrected chi connectivity index (χ0v) is 13.8. The van der Waals surface area contributed by atoms with Crippen LogP contribution in [-0.2, 0) is 12.8 Å². The number of amides is 2. The summed E-state index contributed by atoms with van der Waals surface area (Å²) in [5, 5.41) is 4.89. The fraction of sp³-hybridized carbons (Fsp3) is 0.316. The van der Waals surface area contributed by atoms with Crippen LogP contribution in [0.5, 0.6) is 0 Å². The van der Waals surface area contributed by atoms with Crippen LogP contribution in [0.1, 0.15) is 42.5 Å². The van der Waals surface area contributed by atoms with E-state index in [1.807, 2.05) is 13.0 Å². The first-order valence-electron chi connectivity index (χ1n) is 8.28. The summed E-state index contributed by atoms with van der Waals surface area (Å²) in [5.74, 6) is -4.33. The van der Waals surface area contributed by atoms with Crippen LogP contribution in [0.15, 0.2) is 30.3 Å². The number of urea groups is 1. The second-order valence-electron chi connectivity index (χ2n) is 6.28. The first-order valence-corrected chi connectivity index (χ1v) is 8.28. The van der Waals surface area contributed by atoms with Gasteiger partial charge in [-0.05, 0) is 61.4 Å². The van der Waals surface area contributed by atoms with E-state index < -0.39 is 29.2 Å². The number of halogens is 3. The van der Waals surface area contributed by atoms with Crippen molar-refractivity contribution >= 4 is 11.7 Å². The molecule has 0 radical (unpaired) electrons. The average Bonchev–Trinajstić information content (AvgIpc) is 2.61. The third-order valence-electron chi connectivity index (χ3n) is 4.50. The number of anilines is 1. The molecule has 132 valence electrons. The second kappa shape index (κ2) is 7.17. The van der Waals surface area contributed by atoms with Crippen molar-refractivity contribution < 1.29 is 18.0 Å². The van der Waals surface area contributed by atoms with Gasteiger partial charge in [0.1, 0.15) is 0 Å². The molecule has 3 rings (SSSR count). The predicted molar refractivity (Wildman–Crippen MR) is 90.0 cm³/mol. The summed E-state index contributed by atoms with van der Waals surface area (Å²) in [6.07, 6.45) is 4.46. The molecule has 6 heteroatoms. The molecule has 2 amide bonds. The highest BCUT2D eigenvalue weighted by molar-refractivity contribution is 5.89. The molecule has 1 aliphatic carbocycles. The monoisotopic (exact) mass is 348 g/mol. The molecule has 0 heterocycles. The molecule has 0 spiro atoms. The second-order valence-corrected chi connectivity index (χ2v) is 6.28. The van der Waals surface area contributed by atoms with Crippen LogP contribution in [0.3, 0.4) is 0 Å². The maximum Gasteiger partial charge on any atom is 0.319 e. The maximum absolute atomic E-state index is 13.6. The average molecular weight is 348 g/mol. The van der Waals surface area contributed by atoms with E-state index in [0.29, 0.717) is 0 Å². The van der Waals surface area contributed by atoms with Crippen molar-refractivity contribution in [3.63, 3.8) is 0 Å². The molecular formula is C19H19F3N2O. The number of aryl methyl sites for hydroxylation is 2. The molecule has 0 saturated heterocycles. The Morgan fingerprint density at radius 1 is 1.00 bits per heavy atom. The molecule has 0 bridgehead atoms. The summed E-state index contributed by atoms with van der Waals surface area (Å²) in [4.78, 5) is 12.0. The predicted octanol–water partition coefficient (Wildman–Crippen LogP) is 4.87. The molecule has 0 aliphatic heterocycles. The lowest BCUT2D eigenvalue weighted by atomic mass is 9.89. The summed E-state index contributed by atoms with van der Waals surface area (Å²) < 4.78 is 39.7. The first-order chi connectivity index (χ1) is 12.0. The number of carbonyl (C=O) groups excluding carboxylic acids is 1. The third kappa shape index (κ3) is 3.78. The lowest BCUT2D eigenvalue weighted by molar-refractivity contribution is 0.249. The minimum atomic E-state index is -1.61. The first kappa shape index (κ1) is 17.3. The number of rotatable bonds is 3. The van der Waals surface area contributed by atoms with E-state index in [0.717, 1.165) is 37.0 Å². The number of fused-ring (bicyclic) bond motifs is 1. The van der Waals surface area contributed by atoms with Gasteiger partial charge in [-0.25, -0.2) is 18.0 Å². The van der Waals surface area contributed by atoms with Crippen LogP contribution in [-0.4, -0.2) is 6.03 Å². The van der Waals surface area contributed by atoms with Crippen molar-refractivity contribution in [2.45, 2.75) is 38.6 Å². The fourth-order valence-electron chi connectivity index (χ4n) is 3.08. The molecule has 2 aromatic rings. The minimum Gasteiger partial charge on any atom is -0.331 e. The molecule has 0 fully saturated rings. The van der Waals surface area contributed by atoms with Crippen LogP contribution in [0.2, 0.25) is 0 Å². The van der Waals surface area contributed by atoms with Crippen molar-refractivity contribution in [1.82, 2.24) is 5.32 Å². The highest BCUT2D eigenvalue weighted by Gasteiger charge is 2.17. The Morgan fingerprint density at radius 2 is 1.72 bits per heavy atom. The van der Waals surface area contributed by atoms with Crippen molar-refractivity contribution in [2.75, 3.05) is 5.32 Å². The molecular weight excluding hydrogens is 329 g/mol. The van der Waals surface area contributed by atoms with E-state index in [4.69, 9.17) is 0 Å². The SMILES string of the molecule is CC(NC(=O)Nc1ccc(F)c(F)c1F)c1ccc2c(c1)CCCC2. The van der Waals surface area contributed by atoms with Gasteiger partial charge in [-0.15, -0.1) is 0 Å². The number of hydrogen-bond donors (Lipinski definition) is 2. The molecule has 1 unspecified atom stereocenters. The van der Waals surface area contributed by atoms with Crippen molar-refractivity contribution in [1.29, 1.82) is 0 Å². The molecule has 2 aromatic carbocycles. The highest BCUT2D eigenvalue weighted by Crippen LogP contribution is 2.25. The van der Waals surface area contributed by atoms with Gasteiger partial charge in [0.25, 0.3) is 0 Å². The molecule has 0 aromatic heterocycles. The molecule has 25 heavy (non-hydrogen) atoms. The Morgan fingerprint density at radius 3 is 2.48 bits per heavy atom. The van der Waals surface area contributed by atoms with E-state index in [9.17, 15) is 18.0 Å². The lowest BCUT2D eigenvalue weighted by Crippen LogP contribution is -2.31. The minimum absolute atomic E-state index is 0.305. The zero-order chi connectivity index (χ0) is 18.0. The normalized spacial score (nSPS) is 14.6. The standard InChI is InChI=1S/C19H19F3N2O/c1-11(13-7-6-12-4-2-3-5-14(12)10-13)23-19(25)24-16-9-8-15(20)17(21)18(16)22/h6-11H,2-5H2,1H3,(H2,23,24,25). The summed E-state index contributed by atoms with van der Waals surface area (Å²) in [6.45, 7) is 1.81. The summed E-state index contributed by atoms with van der Waals surface area (Å²) in [7, 11) is 0. The van der Waals surface area contributed by atoms with Crippen LogP contribution in [0, 0.1) is 17.5 Å². The Bertz CT molecular complexity index is 807. The van der Waals surface area contributed by atoms with Crippen LogP contribution in [0.4, 0.5) is 23.7 Å². The summed E-state index contributed by atoms with van der Waals surface area (Å²) >= 11 is 0. The summed E-state index contributed by atoms with van der Waals surface area (Å²) in [5.41, 5.74) is 3.18. The highest BCUT2D eigenvalue weighted by atomic mass is 19.2. The largest absolute Gasteiger partial charge is 0.331 e. The number of nitrogens with one attached hydrogen (secondary N) is 2. The van der Waals surface area contributed by atoms with Gasteiger partial charge in [-0.3, -0.25) is 0 Å². The third-order valence-corrected chi connectivity index (χ3v) is 4.50. The Kier molecular flexibility index (Phi) is 4.97. The van der Waals surface area contributed by atoms with Gasteiger partial charge in [0.2, 0.25) is 0 Å². The van der Waals surface area contributed by atoms with Gasteiger partial charge in [-0.1, -0.05) is 18.2 Å². The Balaban J connectivity index is 1.68. The van der Waals surface area contributed by atoms with Crippen molar-refractivity contribution in [3.8, 4) is 0 Å². The molecule has 1 aliphatic rings. The molecule has 0 saturated carbocycles. The fourth-order valence-corrected chi connectivity index (χ4v) is 3.08. The quantitative estimate of drug-likeness (QED) is 0.764. The number of benzene rings is 2. The van der Waals surface area contributed by atoms with Crippen LogP contribution < -0.4 is 10.6 Å². The van der Waals surface area contributed by atoms with E-state index in [1.165, 1.54) is 17.5 Å². The maximum atomic E-state index is 13.6. The van der Waals surface area contributed by atoms with E-state index in [1.54, 1.807) is 0 Å². The van der Waals surface area contributed by atoms with Crippen LogP contribution >= 0.6 is 0 Å². The van der Waals surface area contributed by atoms with Crippen molar-refractivity contribution in [2.24, 2.45) is 0 Å². The molecule has 2 N–H and O–H groups in total. The van der Waals surface area contributed by atoms with Crippen LogP contribution in [0.25, 0.3) is 0 Å². The molecule has 3 nitrogen and oxygen atoms in total. The topological polar surface area (TPSA) is 41.1 Å². The lowest BCUT2D eigenvalue weighted by Gasteiger charge is -2.20. The van der Waals surface area contributed by atoms with E-state index in [-0.39, 0.29) is 6.04 Å². The number of hydrogen-bond acceptors (Lipinski definition) is 1.